The Balaban J connectivity index is 2.06. The van der Waals surface area contributed by atoms with Gasteiger partial charge in [0.15, 0.2) is 0 Å². The topological polar surface area (TPSA) is 42.4 Å². The van der Waals surface area contributed by atoms with E-state index in [0.717, 1.165) is 15.6 Å². The van der Waals surface area contributed by atoms with Crippen LogP contribution in [0.1, 0.15) is 34.2 Å². The highest BCUT2D eigenvalue weighted by Gasteiger charge is 2.10. The molecular weight excluding hydrogens is 265 g/mol. The van der Waals surface area contributed by atoms with Gasteiger partial charge in [0.1, 0.15) is 23.2 Å². The Labute approximate surface area is 115 Å². The van der Waals surface area contributed by atoms with E-state index in [0.29, 0.717) is 12.4 Å². The van der Waals surface area contributed by atoms with Crippen molar-refractivity contribution in [1.82, 2.24) is 4.98 Å². The molecule has 0 aliphatic carbocycles. The Kier molecular flexibility index (Phi) is 4.17. The van der Waals surface area contributed by atoms with Crippen LogP contribution in [0, 0.1) is 19.7 Å². The molecule has 2 aromatic rings. The molecule has 1 N–H and O–H groups in total. The van der Waals surface area contributed by atoms with Gasteiger partial charge in [0, 0.05) is 16.5 Å². The minimum absolute atomic E-state index is 0.272. The van der Waals surface area contributed by atoms with Crippen molar-refractivity contribution in [3.05, 3.63) is 45.2 Å². The molecule has 5 heteroatoms. The highest BCUT2D eigenvalue weighted by molar-refractivity contribution is 7.11. The number of thiazole rings is 1. The predicted molar refractivity (Wildman–Crippen MR) is 73.0 cm³/mol. The van der Waals surface area contributed by atoms with Crippen molar-refractivity contribution < 1.29 is 14.2 Å². The highest BCUT2D eigenvalue weighted by atomic mass is 32.1. The third-order valence-corrected chi connectivity index (χ3v) is 3.90. The lowest BCUT2D eigenvalue weighted by molar-refractivity contribution is 0.194. The van der Waals surface area contributed by atoms with Crippen LogP contribution in [0.2, 0.25) is 0 Å². The van der Waals surface area contributed by atoms with Gasteiger partial charge < -0.3 is 9.84 Å². The first kappa shape index (κ1) is 14.0. The SMILES string of the molecule is Cc1nc(COc2ccc(C(C)O)c(F)c2)sc1C. The minimum atomic E-state index is -0.821. The summed E-state index contributed by atoms with van der Waals surface area (Å²) in [6, 6.07) is 4.47. The summed E-state index contributed by atoms with van der Waals surface area (Å²) in [7, 11) is 0. The number of nitrogens with zero attached hydrogens (tertiary/aromatic N) is 1. The van der Waals surface area contributed by atoms with Crippen LogP contribution in [-0.4, -0.2) is 10.1 Å². The molecule has 1 unspecified atom stereocenters. The van der Waals surface area contributed by atoms with Gasteiger partial charge in [-0.1, -0.05) is 0 Å². The van der Waals surface area contributed by atoms with E-state index in [1.165, 1.54) is 19.1 Å². The van der Waals surface area contributed by atoms with Gasteiger partial charge in [-0.25, -0.2) is 9.37 Å². The molecule has 0 amide bonds. The van der Waals surface area contributed by atoms with E-state index in [1.807, 2.05) is 13.8 Å². The van der Waals surface area contributed by atoms with E-state index in [9.17, 15) is 9.50 Å². The first-order chi connectivity index (χ1) is 8.97. The number of hydrogen-bond acceptors (Lipinski definition) is 4. The van der Waals surface area contributed by atoms with Gasteiger partial charge in [-0.2, -0.15) is 0 Å². The molecule has 0 saturated carbocycles. The van der Waals surface area contributed by atoms with Gasteiger partial charge >= 0.3 is 0 Å². The van der Waals surface area contributed by atoms with E-state index < -0.39 is 11.9 Å². The molecule has 1 heterocycles. The molecule has 0 fully saturated rings. The summed E-state index contributed by atoms with van der Waals surface area (Å²) in [6.07, 6.45) is -0.821. The lowest BCUT2D eigenvalue weighted by Gasteiger charge is -2.09. The molecule has 0 saturated heterocycles. The molecule has 0 radical (unpaired) electrons. The number of aliphatic hydroxyl groups is 1. The Morgan fingerprint density at radius 2 is 2.16 bits per heavy atom. The third kappa shape index (κ3) is 3.30. The second kappa shape index (κ2) is 5.67. The summed E-state index contributed by atoms with van der Waals surface area (Å²) in [5, 5.41) is 10.2. The molecule has 0 spiro atoms. The summed E-state index contributed by atoms with van der Waals surface area (Å²) in [5.41, 5.74) is 1.27. The Hall–Kier alpha value is -1.46. The van der Waals surface area contributed by atoms with E-state index in [-0.39, 0.29) is 5.56 Å². The van der Waals surface area contributed by atoms with Crippen LogP contribution in [-0.2, 0) is 6.61 Å². The molecule has 1 atom stereocenters. The number of aryl methyl sites for hydroxylation is 2. The van der Waals surface area contributed by atoms with Gasteiger partial charge in [0.05, 0.1) is 11.8 Å². The fourth-order valence-corrected chi connectivity index (χ4v) is 2.53. The number of hydrogen-bond donors (Lipinski definition) is 1. The largest absolute Gasteiger partial charge is 0.486 e. The van der Waals surface area contributed by atoms with Gasteiger partial charge in [-0.3, -0.25) is 0 Å². The Morgan fingerprint density at radius 1 is 1.42 bits per heavy atom. The van der Waals surface area contributed by atoms with Crippen molar-refractivity contribution in [2.24, 2.45) is 0 Å². The van der Waals surface area contributed by atoms with Crippen molar-refractivity contribution >= 4 is 11.3 Å². The van der Waals surface area contributed by atoms with Gasteiger partial charge in [0.2, 0.25) is 0 Å². The van der Waals surface area contributed by atoms with Gasteiger partial charge in [-0.05, 0) is 32.9 Å². The van der Waals surface area contributed by atoms with Crippen LogP contribution in [0.4, 0.5) is 4.39 Å². The van der Waals surface area contributed by atoms with Gasteiger partial charge in [0.25, 0.3) is 0 Å². The number of benzene rings is 1. The van der Waals surface area contributed by atoms with Crippen LogP contribution >= 0.6 is 11.3 Å². The number of aromatic nitrogens is 1. The zero-order chi connectivity index (χ0) is 14.0. The molecule has 3 nitrogen and oxygen atoms in total. The summed E-state index contributed by atoms with van der Waals surface area (Å²) in [6.45, 7) is 5.81. The summed E-state index contributed by atoms with van der Waals surface area (Å²) >= 11 is 1.58. The van der Waals surface area contributed by atoms with E-state index in [2.05, 4.69) is 4.98 Å². The van der Waals surface area contributed by atoms with Crippen LogP contribution in [0.25, 0.3) is 0 Å². The first-order valence-electron chi connectivity index (χ1n) is 6.00. The quantitative estimate of drug-likeness (QED) is 0.932. The zero-order valence-electron chi connectivity index (χ0n) is 11.1. The second-order valence-electron chi connectivity index (χ2n) is 4.40. The number of aliphatic hydroxyl groups excluding tert-OH is 1. The van der Waals surface area contributed by atoms with Crippen molar-refractivity contribution in [1.29, 1.82) is 0 Å². The Bertz CT molecular complexity index is 561. The summed E-state index contributed by atoms with van der Waals surface area (Å²) < 4.78 is 19.1. The molecule has 2 rings (SSSR count). The number of halogens is 1. The maximum absolute atomic E-state index is 13.6. The second-order valence-corrected chi connectivity index (χ2v) is 5.68. The van der Waals surface area contributed by atoms with E-state index >= 15 is 0 Å². The fourth-order valence-electron chi connectivity index (χ4n) is 1.68. The molecule has 102 valence electrons. The number of ether oxygens (including phenoxy) is 1. The molecule has 0 aliphatic heterocycles. The molecule has 1 aromatic heterocycles. The molecular formula is C14H16FNO2S. The average molecular weight is 281 g/mol. The Morgan fingerprint density at radius 3 is 2.68 bits per heavy atom. The highest BCUT2D eigenvalue weighted by Crippen LogP contribution is 2.23. The number of rotatable bonds is 4. The predicted octanol–water partition coefficient (Wildman–Crippen LogP) is 3.53. The monoisotopic (exact) mass is 281 g/mol. The summed E-state index contributed by atoms with van der Waals surface area (Å²) in [4.78, 5) is 5.51. The van der Waals surface area contributed by atoms with E-state index in [4.69, 9.17) is 4.74 Å². The molecule has 0 bridgehead atoms. The van der Waals surface area contributed by atoms with Crippen molar-refractivity contribution in [3.63, 3.8) is 0 Å². The first-order valence-corrected chi connectivity index (χ1v) is 6.82. The van der Waals surface area contributed by atoms with Crippen molar-refractivity contribution in [3.8, 4) is 5.75 Å². The maximum atomic E-state index is 13.6. The lowest BCUT2D eigenvalue weighted by atomic mass is 10.1. The third-order valence-electron chi connectivity index (χ3n) is 2.86. The van der Waals surface area contributed by atoms with Crippen molar-refractivity contribution in [2.75, 3.05) is 0 Å². The molecule has 1 aromatic carbocycles. The van der Waals surface area contributed by atoms with E-state index in [1.54, 1.807) is 17.4 Å². The average Bonchev–Trinajstić information content (AvgIpc) is 2.66. The van der Waals surface area contributed by atoms with Gasteiger partial charge in [-0.15, -0.1) is 11.3 Å². The molecule has 0 aliphatic rings. The van der Waals surface area contributed by atoms with Crippen molar-refractivity contribution in [2.45, 2.75) is 33.5 Å². The lowest BCUT2D eigenvalue weighted by Crippen LogP contribution is -1.99. The normalized spacial score (nSPS) is 12.5. The minimum Gasteiger partial charge on any atom is -0.486 e. The standard InChI is InChI=1S/C14H16FNO2S/c1-8-10(3)19-14(16-8)7-18-11-4-5-12(9(2)17)13(15)6-11/h4-6,9,17H,7H2,1-3H3. The smallest absolute Gasteiger partial charge is 0.140 e. The maximum Gasteiger partial charge on any atom is 0.140 e. The fraction of sp³-hybridized carbons (Fsp3) is 0.357. The van der Waals surface area contributed by atoms with Crippen LogP contribution in [0.3, 0.4) is 0 Å². The molecule has 19 heavy (non-hydrogen) atoms. The zero-order valence-corrected chi connectivity index (χ0v) is 11.9. The summed E-state index contributed by atoms with van der Waals surface area (Å²) in [5.74, 6) is -0.0218. The van der Waals surface area contributed by atoms with Crippen LogP contribution < -0.4 is 4.74 Å². The van der Waals surface area contributed by atoms with Crippen LogP contribution in [0.15, 0.2) is 18.2 Å². The van der Waals surface area contributed by atoms with Crippen LogP contribution in [0.5, 0.6) is 5.75 Å².